The number of hydrogen-bond donors (Lipinski definition) is 1. The molecule has 3 saturated heterocycles. The number of pyridine rings is 3. The van der Waals surface area contributed by atoms with Crippen LogP contribution in [0.2, 0.25) is 0 Å². The Labute approximate surface area is 865 Å². The molecule has 6 aliphatic heterocycles. The number of carbonyl (C=O) groups excluding carboxylic acids is 10. The number of Topliss-reactive ketones (excluding diaryl/α,β-unsaturated/α-hetero) is 6. The van der Waals surface area contributed by atoms with Gasteiger partial charge in [-0.1, -0.05) is 81.3 Å². The van der Waals surface area contributed by atoms with Gasteiger partial charge >= 0.3 is 11.6 Å². The van der Waals surface area contributed by atoms with Crippen LogP contribution in [0.1, 0.15) is 239 Å². The van der Waals surface area contributed by atoms with Gasteiger partial charge < -0.3 is 30.1 Å². The lowest BCUT2D eigenvalue weighted by Crippen LogP contribution is -2.45. The molecule has 0 spiro atoms. The maximum absolute atomic E-state index is 14.4. The molecule has 6 fully saturated rings. The van der Waals surface area contributed by atoms with E-state index in [-0.39, 0.29) is 143 Å². The predicted molar refractivity (Wildman–Crippen MR) is 555 cm³/mol. The fourth-order valence-corrected chi connectivity index (χ4v) is 24.4. The molecule has 744 valence electrons. The summed E-state index contributed by atoms with van der Waals surface area (Å²) in [5.41, 5.74) is 20.2. The number of carbonyl (C=O) groups is 10. The van der Waals surface area contributed by atoms with Crippen molar-refractivity contribution in [3.8, 4) is 33.4 Å². The summed E-state index contributed by atoms with van der Waals surface area (Å²) in [5, 5.41) is 15.9. The van der Waals surface area contributed by atoms with Crippen LogP contribution in [-0.2, 0) is 101 Å². The third-order valence-corrected chi connectivity index (χ3v) is 32.8. The van der Waals surface area contributed by atoms with Crippen molar-refractivity contribution in [3.05, 3.63) is 232 Å². The number of ketones is 6. The van der Waals surface area contributed by atoms with Crippen molar-refractivity contribution in [3.63, 3.8) is 0 Å². The Hall–Kier alpha value is -13.2. The Morgan fingerprint density at radius 3 is 1.07 bits per heavy atom. The topological polar surface area (TPSA) is 385 Å². The summed E-state index contributed by atoms with van der Waals surface area (Å²) < 4.78 is 6.91. The second-order valence-corrected chi connectivity index (χ2v) is 43.6. The lowest BCUT2D eigenvalue weighted by molar-refractivity contribution is -0.139. The van der Waals surface area contributed by atoms with E-state index >= 15 is 0 Å². The standard InChI is InChI=1S/C37H40BrN7O4.C37H38BrN7O3.C37H36BrN7O3/c1-21-9-10-32(38)42-28(21)15-30(47)29-16-37-12-11-26(46)8-6-4-3-5-7-23-13-24(25-18-40-22(2)41-19-25)14-27-34(36(39)49)43-44(35(23)27)20-33(48)45(29)31(37)17-37;2*1-22-10-11-33(38)42-29(22)16-31(47)30-17-37-13-12-27(46)9-7-5-4-6-8-24-14-25(26-19-40-23(2)41-20-26)15-28-35(24)44(43-36(28)39-3)21-34(48)45(30)32(37)18-37/h9-10,13-14,18-19,29,31H,3-8,11-12,15-17,20H2,1-2H3,(H2,39,49);10-11,14-15,19-20,30,32H,4-9,12-13,16-18,21H2,1-2H3;4,6,10-11,14-15,19-20,30,32H,5,7-9,12-13,16-18,21H2,1-2H3/t29-,31+,37-;2*30-,32+,37-/m000/s1. The molecule has 9 aromatic heterocycles. The van der Waals surface area contributed by atoms with E-state index in [1.165, 1.54) is 0 Å². The van der Waals surface area contributed by atoms with Crippen LogP contribution in [0.15, 0.2) is 136 Å². The molecule has 0 unspecified atom stereocenters. The highest BCUT2D eigenvalue weighted by Gasteiger charge is 2.69. The second-order valence-electron chi connectivity index (χ2n) is 41.2. The first-order valence-corrected chi connectivity index (χ1v) is 52.8. The van der Waals surface area contributed by atoms with Crippen molar-refractivity contribution in [2.75, 3.05) is 0 Å². The largest absolute Gasteiger partial charge is 0.364 e. The summed E-state index contributed by atoms with van der Waals surface area (Å²) >= 11 is 10.3. The highest BCUT2D eigenvalue weighted by atomic mass is 79.9. The SMILES string of the molecule is Cc1ncc(-c2cc3c4c(c2)c(C(N)=O)nn4CC(=O)N2[C@H](C(=O)Cc4nc(Br)ccc4C)C[C@@]4(CCC(=O)CCCCCC3)C[C@@H]24)cn1.[C-]#[N+]c1nn2c3c(cc(-c4cnc(C)nc4)cc13)CC=CCCCC(=O)CC[C@@]13C[C@@H](C(=O)Cc4nc(Br)ccc4C)N(C(=O)C2)[C@@H]1C3.[C-]#[N+]c1nn2c3c(cc(-c4cnc(C)nc4)cc13)CCCCCCC(=O)CC[C@@]13C[C@@H](C(=O)Cc4nc(Br)ccc4C)N(C(=O)C2)[C@@H]1C3. The predicted octanol–water partition coefficient (Wildman–Crippen LogP) is 18.9. The molecule has 2 N–H and O–H groups in total. The number of allylic oxidation sites excluding steroid dienone is 2. The molecule has 15 heterocycles. The van der Waals surface area contributed by atoms with Crippen LogP contribution in [0, 0.1) is 70.9 Å². The molecule has 9 atom stereocenters. The minimum Gasteiger partial charge on any atom is -0.364 e. The number of nitrogens with zero attached hydrogens (tertiary/aromatic N) is 20. The van der Waals surface area contributed by atoms with Crippen molar-refractivity contribution in [2.45, 2.75) is 296 Å². The molecule has 0 radical (unpaired) electrons. The molecular formula is C111H114Br3N21O10. The van der Waals surface area contributed by atoms with Gasteiger partial charge in [0.25, 0.3) is 5.91 Å². The number of hydrogen-bond acceptors (Lipinski definition) is 22. The fourth-order valence-electron chi connectivity index (χ4n) is 23.3. The van der Waals surface area contributed by atoms with Crippen LogP contribution in [0.4, 0.5) is 11.6 Å². The summed E-state index contributed by atoms with van der Waals surface area (Å²) in [5.74, 6) is 1.75. The van der Waals surface area contributed by atoms with E-state index in [9.17, 15) is 47.9 Å². The third kappa shape index (κ3) is 21.4. The molecule has 21 rings (SSSR count). The van der Waals surface area contributed by atoms with Crippen molar-refractivity contribution in [1.29, 1.82) is 0 Å². The zero-order valence-corrected chi connectivity index (χ0v) is 87.0. The maximum atomic E-state index is 14.4. The van der Waals surface area contributed by atoms with Crippen molar-refractivity contribution in [2.24, 2.45) is 22.0 Å². The van der Waals surface area contributed by atoms with Gasteiger partial charge in [0.2, 0.25) is 17.7 Å². The van der Waals surface area contributed by atoms with Gasteiger partial charge in [0, 0.05) is 127 Å². The molecule has 4 amide bonds. The number of halogens is 3. The Morgan fingerprint density at radius 1 is 0.386 bits per heavy atom. The average Bonchev–Trinajstić information content (AvgIpc) is 1.54. The van der Waals surface area contributed by atoms with Gasteiger partial charge in [0.15, 0.2) is 23.0 Å². The summed E-state index contributed by atoms with van der Waals surface area (Å²) in [6.45, 7) is 26.9. The van der Waals surface area contributed by atoms with E-state index in [0.717, 1.165) is 168 Å². The van der Waals surface area contributed by atoms with Gasteiger partial charge in [0.1, 0.15) is 68.3 Å². The summed E-state index contributed by atoms with van der Waals surface area (Å²) in [4.78, 5) is 190. The minimum atomic E-state index is -0.682. The molecule has 12 aromatic rings. The molecule has 6 bridgehead atoms. The molecular weight excluding hydrogens is 2030 g/mol. The van der Waals surface area contributed by atoms with Crippen LogP contribution in [0.25, 0.3) is 75.8 Å². The van der Waals surface area contributed by atoms with Crippen molar-refractivity contribution >= 4 is 150 Å². The van der Waals surface area contributed by atoms with Gasteiger partial charge in [-0.05, 0) is 324 Å². The fraction of sp³-hybridized carbons (Fsp3) is 0.441. The average molecular weight is 2140 g/mol. The summed E-state index contributed by atoms with van der Waals surface area (Å²) in [6.07, 6.45) is 35.0. The van der Waals surface area contributed by atoms with Crippen molar-refractivity contribution < 1.29 is 47.9 Å². The highest BCUT2D eigenvalue weighted by molar-refractivity contribution is 9.11. The number of aryl methyl sites for hydroxylation is 8. The number of primary amides is 1. The molecule has 3 saturated carbocycles. The lowest BCUT2D eigenvalue weighted by Gasteiger charge is -2.27. The third-order valence-electron chi connectivity index (χ3n) is 31.5. The monoisotopic (exact) mass is 2140 g/mol. The zero-order chi connectivity index (χ0) is 102. The molecule has 3 aliphatic carbocycles. The number of aromatic nitrogens is 15. The first-order chi connectivity index (χ1) is 69.8. The molecule has 3 aromatic carbocycles. The minimum absolute atomic E-state index is 0.0397. The quantitative estimate of drug-likeness (QED) is 0.0636. The van der Waals surface area contributed by atoms with Crippen molar-refractivity contribution in [1.82, 2.24) is 88.9 Å². The van der Waals surface area contributed by atoms with Gasteiger partial charge in [-0.25, -0.2) is 44.9 Å². The van der Waals surface area contributed by atoms with Gasteiger partial charge in [-0.15, -0.1) is 0 Å². The highest BCUT2D eigenvalue weighted by Crippen LogP contribution is 2.65. The van der Waals surface area contributed by atoms with E-state index in [0.29, 0.717) is 160 Å². The first-order valence-electron chi connectivity index (χ1n) is 50.4. The number of amides is 4. The summed E-state index contributed by atoms with van der Waals surface area (Å²) in [7, 11) is 0. The van der Waals surface area contributed by atoms with E-state index in [1.807, 2.05) is 96.1 Å². The molecule has 9 aliphatic rings. The number of rotatable bonds is 13. The van der Waals surface area contributed by atoms with E-state index in [4.69, 9.17) is 18.9 Å². The van der Waals surface area contributed by atoms with E-state index in [2.05, 4.69) is 148 Å². The van der Waals surface area contributed by atoms with Crippen LogP contribution in [0.3, 0.4) is 0 Å². The molecule has 31 nitrogen and oxygen atoms in total. The van der Waals surface area contributed by atoms with Gasteiger partial charge in [-0.3, -0.25) is 52.6 Å². The Kier molecular flexibility index (Phi) is 29.2. The Balaban J connectivity index is 0.000000137. The summed E-state index contributed by atoms with van der Waals surface area (Å²) in [6, 6.07) is 21.1. The van der Waals surface area contributed by atoms with Gasteiger partial charge in [-0.2, -0.15) is 14.5 Å². The zero-order valence-electron chi connectivity index (χ0n) is 82.3. The van der Waals surface area contributed by atoms with Gasteiger partial charge in [0.05, 0.1) is 71.0 Å². The number of piperidine rings is 3. The molecule has 145 heavy (non-hydrogen) atoms. The number of nitrogens with two attached hydrogens (primary N) is 1. The van der Waals surface area contributed by atoms with E-state index < -0.39 is 24.0 Å². The Morgan fingerprint density at radius 2 is 0.710 bits per heavy atom. The first kappa shape index (κ1) is 101. The Bertz CT molecular complexity index is 7370. The van der Waals surface area contributed by atoms with E-state index in [1.54, 1.807) is 65.9 Å². The molecule has 34 heteroatoms. The van der Waals surface area contributed by atoms with Crippen LogP contribution in [-0.4, -0.2) is 183 Å². The number of benzene rings is 3. The lowest BCUT2D eigenvalue weighted by atomic mass is 9.90. The second kappa shape index (κ2) is 42.1. The maximum Gasteiger partial charge on any atom is 0.303 e. The van der Waals surface area contributed by atoms with Crippen LogP contribution >= 0.6 is 47.8 Å². The smallest absolute Gasteiger partial charge is 0.303 e. The van der Waals surface area contributed by atoms with Crippen LogP contribution < -0.4 is 5.73 Å². The normalized spacial score (nSPS) is 22.9. The van der Waals surface area contributed by atoms with Crippen LogP contribution in [0.5, 0.6) is 0 Å².